The van der Waals surface area contributed by atoms with Crippen molar-refractivity contribution in [3.8, 4) is 11.8 Å². The molecule has 26 heavy (non-hydrogen) atoms. The third-order valence-electron chi connectivity index (χ3n) is 3.76. The minimum absolute atomic E-state index is 0.0323. The highest BCUT2D eigenvalue weighted by Gasteiger charge is 2.25. The lowest BCUT2D eigenvalue weighted by molar-refractivity contribution is -0.122. The second kappa shape index (κ2) is 7.33. The fourth-order valence-electron chi connectivity index (χ4n) is 2.46. The molecule has 0 saturated carbocycles. The molecule has 1 aromatic heterocycles. The van der Waals surface area contributed by atoms with E-state index in [4.69, 9.17) is 4.74 Å². The van der Waals surface area contributed by atoms with E-state index in [0.29, 0.717) is 5.01 Å². The monoisotopic (exact) mass is 366 g/mol. The number of aromatic nitrogens is 1. The Balaban J connectivity index is 1.73. The molecule has 0 unspecified atom stereocenters. The molecule has 3 aromatic rings. The van der Waals surface area contributed by atoms with E-state index in [0.717, 1.165) is 16.5 Å². The van der Waals surface area contributed by atoms with Gasteiger partial charge in [-0.2, -0.15) is 5.26 Å². The predicted octanol–water partition coefficient (Wildman–Crippen LogP) is 3.34. The van der Waals surface area contributed by atoms with Gasteiger partial charge in [-0.05, 0) is 29.8 Å². The van der Waals surface area contributed by atoms with Crippen molar-refractivity contribution in [1.29, 1.82) is 5.26 Å². The molecule has 7 heteroatoms. The number of thiazole rings is 1. The number of ketones is 1. The molecule has 1 N–H and O–H groups in total. The minimum atomic E-state index is -1.08. The van der Waals surface area contributed by atoms with Gasteiger partial charge in [0.15, 0.2) is 18.3 Å². The van der Waals surface area contributed by atoms with Crippen molar-refractivity contribution in [3.63, 3.8) is 0 Å². The zero-order valence-electron chi connectivity index (χ0n) is 13.8. The molecule has 0 fully saturated rings. The topological polar surface area (TPSA) is 100 Å². The lowest BCUT2D eigenvalue weighted by Gasteiger charge is -2.09. The van der Waals surface area contributed by atoms with Crippen molar-refractivity contribution >= 4 is 33.9 Å². The number of nitriles is 1. The second-order valence-corrected chi connectivity index (χ2v) is 6.54. The lowest BCUT2D eigenvalue weighted by Crippen LogP contribution is -2.20. The van der Waals surface area contributed by atoms with Crippen LogP contribution >= 0.6 is 11.3 Å². The first-order valence-electron chi connectivity index (χ1n) is 7.73. The van der Waals surface area contributed by atoms with Gasteiger partial charge in [0.1, 0.15) is 16.3 Å². The Bertz CT molecular complexity index is 1040. The van der Waals surface area contributed by atoms with Crippen LogP contribution < -0.4 is 0 Å². The van der Waals surface area contributed by atoms with Crippen LogP contribution in [0.25, 0.3) is 10.8 Å². The molecule has 6 nitrogen and oxygen atoms in total. The number of hydrogen-bond donors (Lipinski definition) is 1. The Morgan fingerprint density at radius 1 is 1.31 bits per heavy atom. The first-order valence-corrected chi connectivity index (χ1v) is 8.61. The minimum Gasteiger partial charge on any atom is -0.507 e. The summed E-state index contributed by atoms with van der Waals surface area (Å²) in [7, 11) is 0. The van der Waals surface area contributed by atoms with E-state index in [2.05, 4.69) is 4.98 Å². The Hall–Kier alpha value is -3.24. The highest BCUT2D eigenvalue weighted by atomic mass is 32.1. The Morgan fingerprint density at radius 3 is 2.62 bits per heavy atom. The third-order valence-corrected chi connectivity index (χ3v) is 4.79. The van der Waals surface area contributed by atoms with Crippen LogP contribution in [0.5, 0.6) is 5.75 Å². The molecule has 2 aromatic carbocycles. The van der Waals surface area contributed by atoms with Gasteiger partial charge in [-0.1, -0.05) is 24.3 Å². The summed E-state index contributed by atoms with van der Waals surface area (Å²) in [5.41, 5.74) is 0.686. The van der Waals surface area contributed by atoms with E-state index in [1.54, 1.807) is 24.4 Å². The number of benzene rings is 2. The first-order chi connectivity index (χ1) is 12.5. The zero-order chi connectivity index (χ0) is 18.7. The summed E-state index contributed by atoms with van der Waals surface area (Å²) in [5, 5.41) is 22.9. The quantitative estimate of drug-likeness (QED) is 0.695. The van der Waals surface area contributed by atoms with Gasteiger partial charge in [-0.15, -0.1) is 11.3 Å². The van der Waals surface area contributed by atoms with E-state index < -0.39 is 24.3 Å². The molecular weight excluding hydrogens is 352 g/mol. The number of hydrogen-bond acceptors (Lipinski definition) is 7. The molecule has 0 aliphatic carbocycles. The van der Waals surface area contributed by atoms with Crippen molar-refractivity contribution in [2.45, 2.75) is 12.8 Å². The standard InChI is InChI=1S/C19H14N2O4S/c1-11-10-26-18(21-11)15(8-20)17(23)9-25-19(24)14-6-12-4-2-3-5-13(12)7-16(14)22/h2-7,10,15,22H,9H2,1H3/t15-/m0/s1. The first kappa shape index (κ1) is 17.6. The SMILES string of the molecule is Cc1csc([C@@H](C#N)C(=O)COC(=O)c2cc3ccccc3cc2O)n1. The van der Waals surface area contributed by atoms with Crippen LogP contribution in [0, 0.1) is 18.3 Å². The van der Waals surface area contributed by atoms with Gasteiger partial charge in [0.2, 0.25) is 0 Å². The maximum Gasteiger partial charge on any atom is 0.342 e. The molecular formula is C19H14N2O4S. The lowest BCUT2D eigenvalue weighted by atomic mass is 10.1. The largest absolute Gasteiger partial charge is 0.507 e. The summed E-state index contributed by atoms with van der Waals surface area (Å²) in [6.45, 7) is 1.20. The number of rotatable bonds is 5. The summed E-state index contributed by atoms with van der Waals surface area (Å²) >= 11 is 1.21. The highest BCUT2D eigenvalue weighted by molar-refractivity contribution is 7.09. The third kappa shape index (κ3) is 3.55. The summed E-state index contributed by atoms with van der Waals surface area (Å²) in [6.07, 6.45) is 0. The van der Waals surface area contributed by atoms with Gasteiger partial charge in [0.25, 0.3) is 0 Å². The summed E-state index contributed by atoms with van der Waals surface area (Å²) in [5.74, 6) is -2.69. The van der Waals surface area contributed by atoms with E-state index >= 15 is 0 Å². The molecule has 1 atom stereocenters. The molecule has 3 rings (SSSR count). The molecule has 0 saturated heterocycles. The maximum absolute atomic E-state index is 12.2. The molecule has 0 spiro atoms. The van der Waals surface area contributed by atoms with Crippen LogP contribution in [0.1, 0.15) is 27.0 Å². The van der Waals surface area contributed by atoms with Crippen molar-refractivity contribution in [1.82, 2.24) is 4.98 Å². The van der Waals surface area contributed by atoms with Crippen molar-refractivity contribution in [3.05, 3.63) is 58.0 Å². The summed E-state index contributed by atoms with van der Waals surface area (Å²) in [6, 6.07) is 12.1. The van der Waals surface area contributed by atoms with E-state index in [9.17, 15) is 20.0 Å². The molecule has 130 valence electrons. The van der Waals surface area contributed by atoms with E-state index in [1.165, 1.54) is 23.5 Å². The predicted molar refractivity (Wildman–Crippen MR) is 96.1 cm³/mol. The number of nitrogens with zero attached hydrogens (tertiary/aromatic N) is 2. The normalized spacial score (nSPS) is 11.7. The van der Waals surface area contributed by atoms with Crippen LogP contribution in [0.2, 0.25) is 0 Å². The highest BCUT2D eigenvalue weighted by Crippen LogP contribution is 2.26. The number of ether oxygens (including phenoxy) is 1. The molecule has 0 aliphatic rings. The van der Waals surface area contributed by atoms with Gasteiger partial charge in [-0.25, -0.2) is 9.78 Å². The Labute approximate surface area is 153 Å². The molecule has 0 radical (unpaired) electrons. The van der Waals surface area contributed by atoms with Gasteiger partial charge in [0, 0.05) is 11.1 Å². The van der Waals surface area contributed by atoms with Crippen LogP contribution in [0.15, 0.2) is 41.8 Å². The number of phenolic OH excluding ortho intramolecular Hbond substituents is 1. The van der Waals surface area contributed by atoms with Gasteiger partial charge in [-0.3, -0.25) is 4.79 Å². The van der Waals surface area contributed by atoms with Crippen molar-refractivity contribution in [2.75, 3.05) is 6.61 Å². The molecule has 0 amide bonds. The number of aromatic hydroxyl groups is 1. The summed E-state index contributed by atoms with van der Waals surface area (Å²) in [4.78, 5) is 28.6. The number of aryl methyl sites for hydroxylation is 1. The fourth-order valence-corrected chi connectivity index (χ4v) is 3.32. The number of esters is 1. The number of phenols is 1. The van der Waals surface area contributed by atoms with Crippen molar-refractivity contribution in [2.24, 2.45) is 0 Å². The number of carbonyl (C=O) groups excluding carboxylic acids is 2. The van der Waals surface area contributed by atoms with Crippen LogP contribution in [0.4, 0.5) is 0 Å². The summed E-state index contributed by atoms with van der Waals surface area (Å²) < 4.78 is 5.01. The molecule has 1 heterocycles. The van der Waals surface area contributed by atoms with Gasteiger partial charge >= 0.3 is 5.97 Å². The Morgan fingerprint density at radius 2 is 2.00 bits per heavy atom. The number of carbonyl (C=O) groups is 2. The maximum atomic E-state index is 12.2. The number of fused-ring (bicyclic) bond motifs is 1. The van der Waals surface area contributed by atoms with E-state index in [-0.39, 0.29) is 11.3 Å². The number of Topliss-reactive ketones (excluding diaryl/α,β-unsaturated/α-hetero) is 1. The average molecular weight is 366 g/mol. The second-order valence-electron chi connectivity index (χ2n) is 5.65. The molecule has 0 bridgehead atoms. The zero-order valence-corrected chi connectivity index (χ0v) is 14.6. The fraction of sp³-hybridized carbons (Fsp3) is 0.158. The average Bonchev–Trinajstić information content (AvgIpc) is 3.05. The van der Waals surface area contributed by atoms with Crippen LogP contribution in [-0.2, 0) is 9.53 Å². The molecule has 0 aliphatic heterocycles. The van der Waals surface area contributed by atoms with Gasteiger partial charge < -0.3 is 9.84 Å². The van der Waals surface area contributed by atoms with Gasteiger partial charge in [0.05, 0.1) is 6.07 Å². The van der Waals surface area contributed by atoms with Crippen molar-refractivity contribution < 1.29 is 19.4 Å². The van der Waals surface area contributed by atoms with Crippen LogP contribution in [0.3, 0.4) is 0 Å². The Kier molecular flexibility index (Phi) is 4.96. The van der Waals surface area contributed by atoms with Crippen LogP contribution in [-0.4, -0.2) is 28.4 Å². The smallest absolute Gasteiger partial charge is 0.342 e. The van der Waals surface area contributed by atoms with E-state index in [1.807, 2.05) is 18.2 Å².